The van der Waals surface area contributed by atoms with Gasteiger partial charge in [0.15, 0.2) is 0 Å². The summed E-state index contributed by atoms with van der Waals surface area (Å²) < 4.78 is 1.79. The molecule has 0 unspecified atom stereocenters. The fourth-order valence-electron chi connectivity index (χ4n) is 1.42. The average Bonchev–Trinajstić information content (AvgIpc) is 3.45. The van der Waals surface area contributed by atoms with E-state index in [9.17, 15) is 0 Å². The van der Waals surface area contributed by atoms with Gasteiger partial charge in [0.2, 0.25) is 5.28 Å². The molecule has 4 rings (SSSR count). The number of nitrogens with zero attached hydrogens (tertiary/aromatic N) is 4. The third-order valence-electron chi connectivity index (χ3n) is 3.05. The van der Waals surface area contributed by atoms with Crippen molar-refractivity contribution in [2.24, 2.45) is 11.7 Å². The number of aromatic nitrogens is 4. The molecule has 2 heterocycles. The fraction of sp³-hybridized carbons (Fsp3) is 0.467. The van der Waals surface area contributed by atoms with Crippen molar-refractivity contribution in [2.45, 2.75) is 38.1 Å². The van der Waals surface area contributed by atoms with Gasteiger partial charge in [-0.15, -0.1) is 0 Å². The molecule has 0 atom stereocenters. The third-order valence-corrected chi connectivity index (χ3v) is 4.07. The number of halogens is 3. The zero-order chi connectivity index (χ0) is 16.7. The van der Waals surface area contributed by atoms with E-state index < -0.39 is 0 Å². The second-order valence-corrected chi connectivity index (χ2v) is 7.64. The van der Waals surface area contributed by atoms with Crippen molar-refractivity contribution >= 4 is 43.5 Å². The summed E-state index contributed by atoms with van der Waals surface area (Å²) in [6.45, 7) is 0. The average molecular weight is 464 g/mol. The third kappa shape index (κ3) is 9.30. The predicted octanol–water partition coefficient (Wildman–Crippen LogP) is 4.19. The Kier molecular flexibility index (Phi) is 7.82. The van der Waals surface area contributed by atoms with Crippen molar-refractivity contribution in [3.05, 3.63) is 44.8 Å². The van der Waals surface area contributed by atoms with Crippen molar-refractivity contribution in [2.75, 3.05) is 0 Å². The predicted molar refractivity (Wildman–Crippen MR) is 98.1 cm³/mol. The number of nitrogens with two attached hydrogens (primary N) is 1. The number of rotatable bonds is 2. The van der Waals surface area contributed by atoms with Crippen LogP contribution in [0.3, 0.4) is 0 Å². The van der Waals surface area contributed by atoms with Crippen LogP contribution in [0.25, 0.3) is 0 Å². The van der Waals surface area contributed by atoms with Gasteiger partial charge in [-0.1, -0.05) is 0 Å². The first-order valence-corrected chi connectivity index (χ1v) is 9.34. The van der Waals surface area contributed by atoms with Crippen LogP contribution in [0.5, 0.6) is 0 Å². The molecule has 2 aromatic heterocycles. The van der Waals surface area contributed by atoms with E-state index in [0.717, 1.165) is 27.1 Å². The van der Waals surface area contributed by atoms with Crippen LogP contribution in [0.2, 0.25) is 5.28 Å². The highest BCUT2D eigenvalue weighted by Crippen LogP contribution is 2.31. The van der Waals surface area contributed by atoms with Gasteiger partial charge in [-0.05, 0) is 75.1 Å². The van der Waals surface area contributed by atoms with E-state index in [-0.39, 0.29) is 5.28 Å². The highest BCUT2D eigenvalue weighted by atomic mass is 79.9. The van der Waals surface area contributed by atoms with Crippen molar-refractivity contribution in [3.63, 3.8) is 0 Å². The molecule has 0 amide bonds. The smallest absolute Gasteiger partial charge is 0.222 e. The van der Waals surface area contributed by atoms with Crippen LogP contribution in [0, 0.1) is 5.92 Å². The van der Waals surface area contributed by atoms with E-state index >= 15 is 0 Å². The van der Waals surface area contributed by atoms with Gasteiger partial charge in [-0.25, -0.2) is 19.9 Å². The lowest BCUT2D eigenvalue weighted by molar-refractivity contribution is 0.768. The molecule has 2 saturated carbocycles. The molecule has 5 nitrogen and oxygen atoms in total. The van der Waals surface area contributed by atoms with Crippen molar-refractivity contribution in [1.29, 1.82) is 0 Å². The largest absolute Gasteiger partial charge is 0.328 e. The molecule has 0 bridgehead atoms. The molecular formula is C15H18Br2ClN5. The quantitative estimate of drug-likeness (QED) is 0.676. The Morgan fingerprint density at radius 2 is 1.35 bits per heavy atom. The van der Waals surface area contributed by atoms with Gasteiger partial charge in [-0.3, -0.25) is 0 Å². The van der Waals surface area contributed by atoms with Gasteiger partial charge in [0.05, 0.1) is 8.95 Å². The van der Waals surface area contributed by atoms with Crippen LogP contribution < -0.4 is 5.73 Å². The molecular weight excluding hydrogens is 445 g/mol. The lowest BCUT2D eigenvalue weighted by Crippen LogP contribution is -1.94. The monoisotopic (exact) mass is 461 g/mol. The van der Waals surface area contributed by atoms with E-state index in [2.05, 4.69) is 51.8 Å². The molecule has 2 aliphatic rings. The van der Waals surface area contributed by atoms with Gasteiger partial charge in [0.25, 0.3) is 0 Å². The molecule has 2 N–H and O–H groups in total. The van der Waals surface area contributed by atoms with Gasteiger partial charge < -0.3 is 5.73 Å². The Morgan fingerprint density at radius 1 is 0.913 bits per heavy atom. The van der Waals surface area contributed by atoms with E-state index in [1.54, 1.807) is 12.4 Å². The normalized spacial score (nSPS) is 15.8. The Morgan fingerprint density at radius 3 is 1.70 bits per heavy atom. The Bertz CT molecular complexity index is 565. The summed E-state index contributed by atoms with van der Waals surface area (Å²) in [6.07, 6.45) is 13.1. The summed E-state index contributed by atoms with van der Waals surface area (Å²) in [6, 6.07) is 0.583. The van der Waals surface area contributed by atoms with Gasteiger partial charge >= 0.3 is 0 Å². The summed E-state index contributed by atoms with van der Waals surface area (Å²) in [5.74, 6) is 1.85. The molecule has 0 spiro atoms. The standard InChI is InChI=1S/C8H9BrN2.C4H2BrClN2.C3H7N/c9-7-4-10-8(11-5-7)3-6-1-2-6;5-3-1-7-4(6)8-2-3;4-3-1-2-3/h4-6H,1-3H2;1-2H;3H,1-2,4H2. The minimum Gasteiger partial charge on any atom is -0.328 e. The van der Waals surface area contributed by atoms with Crippen LogP contribution >= 0.6 is 43.5 Å². The van der Waals surface area contributed by atoms with E-state index in [0.29, 0.717) is 6.04 Å². The molecule has 0 saturated heterocycles. The Labute approximate surface area is 157 Å². The lowest BCUT2D eigenvalue weighted by atomic mass is 10.3. The summed E-state index contributed by atoms with van der Waals surface area (Å²) in [4.78, 5) is 15.8. The maximum atomic E-state index is 5.37. The van der Waals surface area contributed by atoms with Gasteiger partial charge in [0.1, 0.15) is 5.82 Å². The molecule has 0 aromatic carbocycles. The molecule has 0 aliphatic heterocycles. The molecule has 2 aromatic rings. The minimum atomic E-state index is 0.271. The first-order valence-electron chi connectivity index (χ1n) is 7.38. The van der Waals surface area contributed by atoms with E-state index in [1.807, 2.05) is 12.4 Å². The maximum absolute atomic E-state index is 5.37. The number of hydrogen-bond donors (Lipinski definition) is 1. The molecule has 124 valence electrons. The first-order chi connectivity index (χ1) is 11.0. The summed E-state index contributed by atoms with van der Waals surface area (Å²) >= 11 is 11.8. The van der Waals surface area contributed by atoms with Crippen molar-refractivity contribution in [1.82, 2.24) is 19.9 Å². The van der Waals surface area contributed by atoms with Crippen LogP contribution in [-0.2, 0) is 6.42 Å². The van der Waals surface area contributed by atoms with Crippen LogP contribution in [0.15, 0.2) is 33.7 Å². The molecule has 2 aliphatic carbocycles. The zero-order valence-corrected chi connectivity index (χ0v) is 16.4. The van der Waals surface area contributed by atoms with E-state index in [1.165, 1.54) is 25.7 Å². The first kappa shape index (κ1) is 18.7. The second-order valence-electron chi connectivity index (χ2n) is 5.47. The molecule has 8 heteroatoms. The summed E-state index contributed by atoms with van der Waals surface area (Å²) in [5.41, 5.74) is 5.22. The maximum Gasteiger partial charge on any atom is 0.222 e. The second kappa shape index (κ2) is 9.61. The zero-order valence-electron chi connectivity index (χ0n) is 12.5. The van der Waals surface area contributed by atoms with Crippen molar-refractivity contribution < 1.29 is 0 Å². The highest BCUT2D eigenvalue weighted by molar-refractivity contribution is 9.10. The van der Waals surface area contributed by atoms with Crippen molar-refractivity contribution in [3.8, 4) is 0 Å². The summed E-state index contributed by atoms with van der Waals surface area (Å²) in [5, 5.41) is 0.271. The SMILES string of the molecule is Brc1cnc(CC2CC2)nc1.Clc1ncc(Br)cn1.NC1CC1. The lowest BCUT2D eigenvalue weighted by Gasteiger charge is -1.95. The fourth-order valence-corrected chi connectivity index (χ4v) is 1.92. The molecule has 2 fully saturated rings. The Hall–Kier alpha value is -0.630. The molecule has 23 heavy (non-hydrogen) atoms. The molecule has 0 radical (unpaired) electrons. The van der Waals surface area contributed by atoms with Gasteiger partial charge in [-0.2, -0.15) is 0 Å². The van der Waals surface area contributed by atoms with Crippen LogP contribution in [0.4, 0.5) is 0 Å². The Balaban J connectivity index is 0.000000140. The summed E-state index contributed by atoms with van der Waals surface area (Å²) in [7, 11) is 0. The number of hydrogen-bond acceptors (Lipinski definition) is 5. The topological polar surface area (TPSA) is 77.6 Å². The van der Waals surface area contributed by atoms with Crippen LogP contribution in [0.1, 0.15) is 31.5 Å². The highest BCUT2D eigenvalue weighted by Gasteiger charge is 2.22. The van der Waals surface area contributed by atoms with E-state index in [4.69, 9.17) is 17.3 Å². The van der Waals surface area contributed by atoms with Crippen LogP contribution in [-0.4, -0.2) is 26.0 Å². The van der Waals surface area contributed by atoms with Gasteiger partial charge in [0, 0.05) is 37.3 Å². The minimum absolute atomic E-state index is 0.271.